The Morgan fingerprint density at radius 3 is 2.81 bits per heavy atom. The molecule has 86 valence electrons. The van der Waals surface area contributed by atoms with Gasteiger partial charge in [0, 0.05) is 11.4 Å². The van der Waals surface area contributed by atoms with Crippen LogP contribution < -0.4 is 11.1 Å². The second kappa shape index (κ2) is 4.99. The Labute approximate surface area is 95.4 Å². The second-order valence-electron chi connectivity index (χ2n) is 4.16. The summed E-state index contributed by atoms with van der Waals surface area (Å²) in [4.78, 5) is 13.9. The van der Waals surface area contributed by atoms with Crippen LogP contribution in [0.3, 0.4) is 0 Å². The van der Waals surface area contributed by atoms with Crippen molar-refractivity contribution in [2.75, 3.05) is 30.7 Å². The lowest BCUT2D eigenvalue weighted by atomic mass is 10.3. The van der Waals surface area contributed by atoms with Crippen LogP contribution in [0.4, 0.5) is 11.4 Å². The number of nitrogens with one attached hydrogen (secondary N) is 1. The number of hydrogen-bond acceptors (Lipinski definition) is 3. The molecule has 0 unspecified atom stereocenters. The number of carbonyl (C=O) groups is 1. The van der Waals surface area contributed by atoms with E-state index < -0.39 is 0 Å². The van der Waals surface area contributed by atoms with Crippen molar-refractivity contribution < 1.29 is 4.79 Å². The molecule has 1 aromatic carbocycles. The SMILES string of the molecule is Nc1cccc(NC(=O)CN2CCCC2)c1. The number of nitrogen functional groups attached to an aromatic ring is 1. The number of nitrogens with zero attached hydrogens (tertiary/aromatic N) is 1. The standard InChI is InChI=1S/C12H17N3O/c13-10-4-3-5-11(8-10)14-12(16)9-15-6-1-2-7-15/h3-5,8H,1-2,6-7,9,13H2,(H,14,16). The predicted molar refractivity (Wildman–Crippen MR) is 65.2 cm³/mol. The Bertz CT molecular complexity index is 372. The molecule has 16 heavy (non-hydrogen) atoms. The van der Waals surface area contributed by atoms with Crippen molar-refractivity contribution in [2.45, 2.75) is 12.8 Å². The van der Waals surface area contributed by atoms with Crippen molar-refractivity contribution in [3.63, 3.8) is 0 Å². The summed E-state index contributed by atoms with van der Waals surface area (Å²) in [7, 11) is 0. The maximum Gasteiger partial charge on any atom is 0.238 e. The van der Waals surface area contributed by atoms with Gasteiger partial charge < -0.3 is 11.1 Å². The van der Waals surface area contributed by atoms with Crippen LogP contribution in [-0.4, -0.2) is 30.4 Å². The van der Waals surface area contributed by atoms with E-state index in [9.17, 15) is 4.79 Å². The molecule has 0 atom stereocenters. The smallest absolute Gasteiger partial charge is 0.238 e. The summed E-state index contributed by atoms with van der Waals surface area (Å²) < 4.78 is 0. The van der Waals surface area contributed by atoms with Gasteiger partial charge in [0.25, 0.3) is 0 Å². The van der Waals surface area contributed by atoms with Crippen LogP contribution in [0, 0.1) is 0 Å². The van der Waals surface area contributed by atoms with E-state index in [-0.39, 0.29) is 5.91 Å². The van der Waals surface area contributed by atoms with Gasteiger partial charge >= 0.3 is 0 Å². The first-order chi connectivity index (χ1) is 7.74. The Morgan fingerprint density at radius 2 is 2.12 bits per heavy atom. The van der Waals surface area contributed by atoms with Crippen LogP contribution in [0.1, 0.15) is 12.8 Å². The number of anilines is 2. The third kappa shape index (κ3) is 2.97. The zero-order valence-electron chi connectivity index (χ0n) is 9.28. The van der Waals surface area contributed by atoms with E-state index in [4.69, 9.17) is 5.73 Å². The molecule has 1 aliphatic heterocycles. The average Bonchev–Trinajstić information content (AvgIpc) is 2.70. The molecular weight excluding hydrogens is 202 g/mol. The van der Waals surface area contributed by atoms with E-state index in [0.29, 0.717) is 12.2 Å². The highest BCUT2D eigenvalue weighted by Crippen LogP contribution is 2.12. The predicted octanol–water partition coefficient (Wildman–Crippen LogP) is 1.30. The fourth-order valence-corrected chi connectivity index (χ4v) is 1.96. The van der Waals surface area contributed by atoms with Gasteiger partial charge in [0.15, 0.2) is 0 Å². The summed E-state index contributed by atoms with van der Waals surface area (Å²) in [5.41, 5.74) is 7.07. The van der Waals surface area contributed by atoms with Crippen LogP contribution in [0.2, 0.25) is 0 Å². The summed E-state index contributed by atoms with van der Waals surface area (Å²) >= 11 is 0. The van der Waals surface area contributed by atoms with Crippen molar-refractivity contribution in [3.05, 3.63) is 24.3 Å². The third-order valence-electron chi connectivity index (χ3n) is 2.74. The van der Waals surface area contributed by atoms with Crippen molar-refractivity contribution in [1.29, 1.82) is 0 Å². The molecule has 1 saturated heterocycles. The van der Waals surface area contributed by atoms with E-state index >= 15 is 0 Å². The maximum atomic E-state index is 11.7. The first-order valence-corrected chi connectivity index (χ1v) is 5.62. The highest BCUT2D eigenvalue weighted by atomic mass is 16.2. The number of amides is 1. The Balaban J connectivity index is 1.86. The highest BCUT2D eigenvalue weighted by molar-refractivity contribution is 5.92. The minimum Gasteiger partial charge on any atom is -0.399 e. The van der Waals surface area contributed by atoms with E-state index in [2.05, 4.69) is 10.2 Å². The van der Waals surface area contributed by atoms with E-state index in [1.54, 1.807) is 12.1 Å². The van der Waals surface area contributed by atoms with E-state index in [1.807, 2.05) is 12.1 Å². The molecular formula is C12H17N3O. The molecule has 1 aliphatic rings. The Kier molecular flexibility index (Phi) is 3.41. The number of benzene rings is 1. The van der Waals surface area contributed by atoms with Crippen molar-refractivity contribution in [3.8, 4) is 0 Å². The second-order valence-corrected chi connectivity index (χ2v) is 4.16. The number of nitrogens with two attached hydrogens (primary N) is 1. The molecule has 0 spiro atoms. The van der Waals surface area contributed by atoms with Gasteiger partial charge in [-0.05, 0) is 44.1 Å². The fraction of sp³-hybridized carbons (Fsp3) is 0.417. The van der Waals surface area contributed by atoms with Gasteiger partial charge in [-0.3, -0.25) is 9.69 Å². The molecule has 1 aromatic rings. The molecule has 4 nitrogen and oxygen atoms in total. The maximum absolute atomic E-state index is 11.7. The van der Waals surface area contributed by atoms with Crippen LogP contribution in [0.25, 0.3) is 0 Å². The number of hydrogen-bond donors (Lipinski definition) is 2. The Morgan fingerprint density at radius 1 is 1.38 bits per heavy atom. The van der Waals surface area contributed by atoms with Gasteiger partial charge in [-0.1, -0.05) is 6.07 Å². The first kappa shape index (κ1) is 11.0. The van der Waals surface area contributed by atoms with Crippen LogP contribution in [-0.2, 0) is 4.79 Å². The zero-order valence-corrected chi connectivity index (χ0v) is 9.28. The summed E-state index contributed by atoms with van der Waals surface area (Å²) in [6.07, 6.45) is 2.40. The molecule has 1 fully saturated rings. The third-order valence-corrected chi connectivity index (χ3v) is 2.74. The summed E-state index contributed by atoms with van der Waals surface area (Å²) in [6.45, 7) is 2.55. The number of likely N-dealkylation sites (tertiary alicyclic amines) is 1. The molecule has 4 heteroatoms. The molecule has 2 rings (SSSR count). The molecule has 0 saturated carbocycles. The molecule has 0 aliphatic carbocycles. The Hall–Kier alpha value is -1.55. The lowest BCUT2D eigenvalue weighted by Gasteiger charge is -2.14. The van der Waals surface area contributed by atoms with Crippen LogP contribution >= 0.6 is 0 Å². The molecule has 0 aromatic heterocycles. The zero-order chi connectivity index (χ0) is 11.4. The van der Waals surface area contributed by atoms with Gasteiger partial charge in [0.05, 0.1) is 6.54 Å². The lowest BCUT2D eigenvalue weighted by molar-refractivity contribution is -0.117. The summed E-state index contributed by atoms with van der Waals surface area (Å²) in [5, 5.41) is 2.85. The van der Waals surface area contributed by atoms with E-state index in [1.165, 1.54) is 12.8 Å². The average molecular weight is 219 g/mol. The molecule has 3 N–H and O–H groups in total. The van der Waals surface area contributed by atoms with Crippen molar-refractivity contribution in [1.82, 2.24) is 4.90 Å². The number of rotatable bonds is 3. The van der Waals surface area contributed by atoms with E-state index in [0.717, 1.165) is 18.8 Å². The minimum atomic E-state index is 0.0347. The van der Waals surface area contributed by atoms with Gasteiger partial charge in [-0.25, -0.2) is 0 Å². The van der Waals surface area contributed by atoms with Gasteiger partial charge in [-0.15, -0.1) is 0 Å². The van der Waals surface area contributed by atoms with Crippen molar-refractivity contribution >= 4 is 17.3 Å². The minimum absolute atomic E-state index is 0.0347. The molecule has 0 bridgehead atoms. The monoisotopic (exact) mass is 219 g/mol. The first-order valence-electron chi connectivity index (χ1n) is 5.62. The quantitative estimate of drug-likeness (QED) is 0.753. The number of carbonyl (C=O) groups excluding carboxylic acids is 1. The summed E-state index contributed by atoms with van der Waals surface area (Å²) in [5.74, 6) is 0.0347. The van der Waals surface area contributed by atoms with Gasteiger partial charge in [-0.2, -0.15) is 0 Å². The topological polar surface area (TPSA) is 58.4 Å². The fourth-order valence-electron chi connectivity index (χ4n) is 1.96. The van der Waals surface area contributed by atoms with Crippen LogP contribution in [0.5, 0.6) is 0 Å². The lowest BCUT2D eigenvalue weighted by Crippen LogP contribution is -2.30. The molecule has 1 amide bonds. The summed E-state index contributed by atoms with van der Waals surface area (Å²) in [6, 6.07) is 7.25. The van der Waals surface area contributed by atoms with Crippen LogP contribution in [0.15, 0.2) is 24.3 Å². The molecule has 0 radical (unpaired) electrons. The molecule has 1 heterocycles. The van der Waals surface area contributed by atoms with Gasteiger partial charge in [0.2, 0.25) is 5.91 Å². The van der Waals surface area contributed by atoms with Crippen molar-refractivity contribution in [2.24, 2.45) is 0 Å². The normalized spacial score (nSPS) is 16.2. The largest absolute Gasteiger partial charge is 0.399 e. The van der Waals surface area contributed by atoms with Gasteiger partial charge in [0.1, 0.15) is 0 Å². The highest BCUT2D eigenvalue weighted by Gasteiger charge is 2.14.